The summed E-state index contributed by atoms with van der Waals surface area (Å²) < 4.78 is 27.6. The molecule has 0 aromatic heterocycles. The summed E-state index contributed by atoms with van der Waals surface area (Å²) >= 11 is 5.88. The molecule has 28 heavy (non-hydrogen) atoms. The largest absolute Gasteiger partial charge is 0.325 e. The number of sulfonamides is 1. The first-order chi connectivity index (χ1) is 13.4. The lowest BCUT2D eigenvalue weighted by molar-refractivity contribution is -0.114. The molecule has 0 spiro atoms. The summed E-state index contributed by atoms with van der Waals surface area (Å²) in [5.41, 5.74) is 1.90. The molecular formula is C21H19ClN2O3S. The highest BCUT2D eigenvalue weighted by Crippen LogP contribution is 2.25. The molecule has 144 valence electrons. The van der Waals surface area contributed by atoms with Gasteiger partial charge in [-0.3, -0.25) is 9.10 Å². The number of hydrogen-bond donors (Lipinski definition) is 1. The predicted octanol–water partition coefficient (Wildman–Crippen LogP) is 4.48. The zero-order chi connectivity index (χ0) is 20.1. The molecule has 1 amide bonds. The number of rotatable bonds is 6. The summed E-state index contributed by atoms with van der Waals surface area (Å²) in [7, 11) is -3.96. The minimum absolute atomic E-state index is 0.0610. The fourth-order valence-electron chi connectivity index (χ4n) is 2.68. The molecule has 0 unspecified atom stereocenters. The van der Waals surface area contributed by atoms with E-state index in [2.05, 4.69) is 5.32 Å². The van der Waals surface area contributed by atoms with Crippen LogP contribution >= 0.6 is 11.6 Å². The third-order valence-electron chi connectivity index (χ3n) is 4.04. The Kier molecular flexibility index (Phi) is 6.02. The molecule has 0 saturated carbocycles. The number of benzene rings is 3. The summed E-state index contributed by atoms with van der Waals surface area (Å²) in [5.74, 6) is -0.440. The Morgan fingerprint density at radius 1 is 0.964 bits per heavy atom. The molecule has 3 rings (SSSR count). The van der Waals surface area contributed by atoms with E-state index in [4.69, 9.17) is 11.6 Å². The summed E-state index contributed by atoms with van der Waals surface area (Å²) in [5, 5.41) is 3.16. The van der Waals surface area contributed by atoms with Crippen LogP contribution in [0.2, 0.25) is 5.02 Å². The lowest BCUT2D eigenvalue weighted by atomic mass is 10.2. The van der Waals surface area contributed by atoms with Gasteiger partial charge in [0.05, 0.1) is 10.6 Å². The number of carbonyl (C=O) groups is 1. The molecule has 0 saturated heterocycles. The van der Waals surface area contributed by atoms with Gasteiger partial charge in [-0.05, 0) is 61.0 Å². The van der Waals surface area contributed by atoms with E-state index >= 15 is 0 Å². The molecule has 5 nitrogen and oxygen atoms in total. The van der Waals surface area contributed by atoms with E-state index < -0.39 is 15.9 Å². The van der Waals surface area contributed by atoms with Gasteiger partial charge in [0.15, 0.2) is 0 Å². The van der Waals surface area contributed by atoms with Gasteiger partial charge < -0.3 is 5.32 Å². The number of amides is 1. The van der Waals surface area contributed by atoms with Crippen LogP contribution in [-0.2, 0) is 14.8 Å². The monoisotopic (exact) mass is 414 g/mol. The molecule has 0 bridgehead atoms. The van der Waals surface area contributed by atoms with Gasteiger partial charge in [-0.15, -0.1) is 0 Å². The van der Waals surface area contributed by atoms with Crippen LogP contribution in [0.3, 0.4) is 0 Å². The summed E-state index contributed by atoms with van der Waals surface area (Å²) in [6.07, 6.45) is 0. The molecule has 3 aromatic rings. The fraction of sp³-hybridized carbons (Fsp3) is 0.0952. The van der Waals surface area contributed by atoms with E-state index in [1.54, 1.807) is 42.5 Å². The van der Waals surface area contributed by atoms with E-state index in [1.807, 2.05) is 19.1 Å². The molecule has 3 aromatic carbocycles. The smallest absolute Gasteiger partial charge is 0.264 e. The first kappa shape index (κ1) is 19.9. The van der Waals surface area contributed by atoms with Crippen LogP contribution in [-0.4, -0.2) is 20.9 Å². The molecule has 0 heterocycles. The number of halogens is 1. The maximum Gasteiger partial charge on any atom is 0.264 e. The zero-order valence-electron chi connectivity index (χ0n) is 15.2. The second-order valence-electron chi connectivity index (χ2n) is 6.22. The second-order valence-corrected chi connectivity index (χ2v) is 8.52. The normalized spacial score (nSPS) is 11.1. The van der Waals surface area contributed by atoms with Gasteiger partial charge in [-0.25, -0.2) is 8.42 Å². The molecule has 0 fully saturated rings. The lowest BCUT2D eigenvalue weighted by Gasteiger charge is -2.24. The Balaban J connectivity index is 1.95. The Hall–Kier alpha value is -2.83. The van der Waals surface area contributed by atoms with Gasteiger partial charge in [0.2, 0.25) is 5.91 Å². The van der Waals surface area contributed by atoms with E-state index in [-0.39, 0.29) is 11.4 Å². The minimum atomic E-state index is -3.96. The Labute approximate surface area is 169 Å². The van der Waals surface area contributed by atoms with Crippen molar-refractivity contribution in [3.05, 3.63) is 89.4 Å². The number of anilines is 2. The van der Waals surface area contributed by atoms with Crippen LogP contribution in [0, 0.1) is 6.92 Å². The average molecular weight is 415 g/mol. The molecule has 0 radical (unpaired) electrons. The fourth-order valence-corrected chi connectivity index (χ4v) is 4.22. The third kappa shape index (κ3) is 4.71. The Bertz CT molecular complexity index is 1070. The van der Waals surface area contributed by atoms with Crippen molar-refractivity contribution in [2.75, 3.05) is 16.2 Å². The minimum Gasteiger partial charge on any atom is -0.325 e. The number of aryl methyl sites for hydroxylation is 1. The molecule has 0 aliphatic carbocycles. The summed E-state index contributed by atoms with van der Waals surface area (Å²) in [6.45, 7) is 1.50. The second kappa shape index (κ2) is 8.46. The number of nitrogens with one attached hydrogen (secondary N) is 1. The van der Waals surface area contributed by atoms with E-state index in [9.17, 15) is 13.2 Å². The van der Waals surface area contributed by atoms with Crippen molar-refractivity contribution in [2.24, 2.45) is 0 Å². The topological polar surface area (TPSA) is 66.5 Å². The van der Waals surface area contributed by atoms with Crippen molar-refractivity contribution in [3.8, 4) is 0 Å². The molecule has 7 heteroatoms. The average Bonchev–Trinajstić information content (AvgIpc) is 2.67. The van der Waals surface area contributed by atoms with Gasteiger partial charge in [0.1, 0.15) is 6.54 Å². The van der Waals surface area contributed by atoms with Crippen molar-refractivity contribution in [2.45, 2.75) is 11.8 Å². The maximum absolute atomic E-state index is 13.2. The van der Waals surface area contributed by atoms with Crippen LogP contribution in [0.5, 0.6) is 0 Å². The van der Waals surface area contributed by atoms with Crippen LogP contribution in [0.4, 0.5) is 11.4 Å². The molecule has 1 N–H and O–H groups in total. The van der Waals surface area contributed by atoms with Crippen molar-refractivity contribution < 1.29 is 13.2 Å². The molecule has 0 aliphatic heterocycles. The first-order valence-corrected chi connectivity index (χ1v) is 10.4. The van der Waals surface area contributed by atoms with E-state index in [0.717, 1.165) is 9.87 Å². The standard InChI is InChI=1S/C21H19ClN2O3S/c1-16-6-5-9-19(14-16)24(15-21(25)23-18-7-3-2-4-8-18)28(26,27)20-12-10-17(22)11-13-20/h2-14H,15H2,1H3,(H,23,25). The molecule has 0 atom stereocenters. The van der Waals surface area contributed by atoms with E-state index in [1.165, 1.54) is 24.3 Å². The van der Waals surface area contributed by atoms with Crippen LogP contribution in [0.1, 0.15) is 5.56 Å². The number of hydrogen-bond acceptors (Lipinski definition) is 3. The highest BCUT2D eigenvalue weighted by Gasteiger charge is 2.27. The number of nitrogens with zero attached hydrogens (tertiary/aromatic N) is 1. The Morgan fingerprint density at radius 2 is 1.64 bits per heavy atom. The highest BCUT2D eigenvalue weighted by molar-refractivity contribution is 7.92. The van der Waals surface area contributed by atoms with Gasteiger partial charge in [-0.1, -0.05) is 41.9 Å². The van der Waals surface area contributed by atoms with Gasteiger partial charge in [0, 0.05) is 10.7 Å². The summed E-state index contributed by atoms with van der Waals surface area (Å²) in [4.78, 5) is 12.6. The maximum atomic E-state index is 13.2. The van der Waals surface area contributed by atoms with E-state index in [0.29, 0.717) is 16.4 Å². The van der Waals surface area contributed by atoms with Gasteiger partial charge >= 0.3 is 0 Å². The number of para-hydroxylation sites is 1. The van der Waals surface area contributed by atoms with Crippen LogP contribution < -0.4 is 9.62 Å². The lowest BCUT2D eigenvalue weighted by Crippen LogP contribution is -2.38. The van der Waals surface area contributed by atoms with Gasteiger partial charge in [-0.2, -0.15) is 0 Å². The van der Waals surface area contributed by atoms with Crippen molar-refractivity contribution in [3.63, 3.8) is 0 Å². The molecule has 0 aliphatic rings. The quantitative estimate of drug-likeness (QED) is 0.646. The van der Waals surface area contributed by atoms with Crippen molar-refractivity contribution in [1.29, 1.82) is 0 Å². The predicted molar refractivity (Wildman–Crippen MR) is 112 cm³/mol. The van der Waals surface area contributed by atoms with Crippen LogP contribution in [0.15, 0.2) is 83.8 Å². The Morgan fingerprint density at radius 3 is 2.29 bits per heavy atom. The number of carbonyl (C=O) groups excluding carboxylic acids is 1. The zero-order valence-corrected chi connectivity index (χ0v) is 16.7. The van der Waals surface area contributed by atoms with Gasteiger partial charge in [0.25, 0.3) is 10.0 Å². The molecular weight excluding hydrogens is 396 g/mol. The van der Waals surface area contributed by atoms with Crippen molar-refractivity contribution in [1.82, 2.24) is 0 Å². The first-order valence-electron chi connectivity index (χ1n) is 8.56. The highest BCUT2D eigenvalue weighted by atomic mass is 35.5. The summed E-state index contributed by atoms with van der Waals surface area (Å²) in [6, 6.07) is 21.8. The van der Waals surface area contributed by atoms with Crippen LogP contribution in [0.25, 0.3) is 0 Å². The SMILES string of the molecule is Cc1cccc(N(CC(=O)Nc2ccccc2)S(=O)(=O)c2ccc(Cl)cc2)c1. The third-order valence-corrected chi connectivity index (χ3v) is 6.08. The van der Waals surface area contributed by atoms with Crippen molar-refractivity contribution >= 4 is 38.9 Å².